The Kier molecular flexibility index (Phi) is 2.88. The number of nitrogens with one attached hydrogen (secondary N) is 4. The Balaban J connectivity index is 1.81. The molecule has 2 heterocycles. The van der Waals surface area contributed by atoms with Crippen LogP contribution in [0.2, 0.25) is 0 Å². The molecule has 2 rings (SSSR count). The molecule has 4 N–H and O–H groups in total. The molecule has 0 aromatic rings. The zero-order chi connectivity index (χ0) is 9.80. The quantitative estimate of drug-likeness (QED) is 0.450. The Labute approximate surface area is 83.3 Å². The summed E-state index contributed by atoms with van der Waals surface area (Å²) in [7, 11) is 0. The Morgan fingerprint density at radius 2 is 2.21 bits per heavy atom. The molecule has 78 valence electrons. The SMILES string of the molecule is O=C(NC1CCNCC1)C1=CNCN1. The topological polar surface area (TPSA) is 65.2 Å². The number of carbonyl (C=O) groups excluding carboxylic acids is 1. The molecule has 0 radical (unpaired) electrons. The van der Waals surface area contributed by atoms with Crippen molar-refractivity contribution in [3.05, 3.63) is 11.9 Å². The summed E-state index contributed by atoms with van der Waals surface area (Å²) in [6, 6.07) is 0.326. The molecule has 2 aliphatic rings. The average Bonchev–Trinajstić information content (AvgIpc) is 2.72. The smallest absolute Gasteiger partial charge is 0.269 e. The highest BCUT2D eigenvalue weighted by molar-refractivity contribution is 5.93. The van der Waals surface area contributed by atoms with Crippen molar-refractivity contribution >= 4 is 5.91 Å². The molecule has 1 saturated heterocycles. The molecular formula is C9H16N4O. The zero-order valence-corrected chi connectivity index (χ0v) is 8.10. The van der Waals surface area contributed by atoms with Gasteiger partial charge in [-0.1, -0.05) is 0 Å². The molecule has 0 aromatic carbocycles. The van der Waals surface area contributed by atoms with Gasteiger partial charge in [0.25, 0.3) is 5.91 Å². The summed E-state index contributed by atoms with van der Waals surface area (Å²) in [5, 5.41) is 12.2. The van der Waals surface area contributed by atoms with Crippen molar-refractivity contribution in [3.63, 3.8) is 0 Å². The molecule has 5 heteroatoms. The standard InChI is InChI=1S/C9H16N4O/c14-9(8-5-11-6-12-8)13-7-1-3-10-4-2-7/h5,7,10-12H,1-4,6H2,(H,13,14). The third kappa shape index (κ3) is 2.17. The van der Waals surface area contributed by atoms with Crippen molar-refractivity contribution in [3.8, 4) is 0 Å². The molecule has 14 heavy (non-hydrogen) atoms. The predicted molar refractivity (Wildman–Crippen MR) is 53.3 cm³/mol. The number of piperidine rings is 1. The Morgan fingerprint density at radius 1 is 1.43 bits per heavy atom. The number of amides is 1. The molecule has 0 aromatic heterocycles. The maximum absolute atomic E-state index is 11.6. The van der Waals surface area contributed by atoms with Crippen LogP contribution in [-0.2, 0) is 4.79 Å². The summed E-state index contributed by atoms with van der Waals surface area (Å²) in [6.07, 6.45) is 3.76. The number of carbonyl (C=O) groups is 1. The third-order valence-electron chi connectivity index (χ3n) is 2.55. The van der Waals surface area contributed by atoms with Crippen molar-refractivity contribution in [1.82, 2.24) is 21.3 Å². The molecule has 1 amide bonds. The van der Waals surface area contributed by atoms with E-state index in [2.05, 4.69) is 21.3 Å². The molecule has 1 fully saturated rings. The number of hydrogen-bond donors (Lipinski definition) is 4. The molecule has 0 saturated carbocycles. The van der Waals surface area contributed by atoms with Crippen LogP contribution in [-0.4, -0.2) is 31.7 Å². The molecule has 5 nitrogen and oxygen atoms in total. The van der Waals surface area contributed by atoms with E-state index in [0.29, 0.717) is 18.4 Å². The van der Waals surface area contributed by atoms with Crippen LogP contribution in [0, 0.1) is 0 Å². The van der Waals surface area contributed by atoms with Crippen LogP contribution in [0.3, 0.4) is 0 Å². The second kappa shape index (κ2) is 4.32. The van der Waals surface area contributed by atoms with Crippen LogP contribution in [0.15, 0.2) is 11.9 Å². The maximum atomic E-state index is 11.6. The minimum atomic E-state index is 0.00176. The lowest BCUT2D eigenvalue weighted by atomic mass is 10.1. The van der Waals surface area contributed by atoms with Crippen LogP contribution < -0.4 is 21.3 Å². The summed E-state index contributed by atoms with van der Waals surface area (Å²) in [5.41, 5.74) is 0.642. The van der Waals surface area contributed by atoms with E-state index in [1.54, 1.807) is 6.20 Å². The fourth-order valence-electron chi connectivity index (χ4n) is 1.73. The highest BCUT2D eigenvalue weighted by Crippen LogP contribution is 2.03. The summed E-state index contributed by atoms with van der Waals surface area (Å²) in [4.78, 5) is 11.6. The van der Waals surface area contributed by atoms with Crippen molar-refractivity contribution in [1.29, 1.82) is 0 Å². The number of rotatable bonds is 2. The van der Waals surface area contributed by atoms with Crippen molar-refractivity contribution in [2.45, 2.75) is 18.9 Å². The van der Waals surface area contributed by atoms with Crippen molar-refractivity contribution in [2.24, 2.45) is 0 Å². The van der Waals surface area contributed by atoms with Gasteiger partial charge in [0.2, 0.25) is 0 Å². The van der Waals surface area contributed by atoms with E-state index in [0.717, 1.165) is 25.9 Å². The lowest BCUT2D eigenvalue weighted by molar-refractivity contribution is -0.118. The van der Waals surface area contributed by atoms with Gasteiger partial charge in [-0.3, -0.25) is 4.79 Å². The second-order valence-corrected chi connectivity index (χ2v) is 3.61. The van der Waals surface area contributed by atoms with E-state index in [1.165, 1.54) is 0 Å². The van der Waals surface area contributed by atoms with Crippen LogP contribution in [0.4, 0.5) is 0 Å². The highest BCUT2D eigenvalue weighted by atomic mass is 16.2. The largest absolute Gasteiger partial charge is 0.372 e. The summed E-state index contributed by atoms with van der Waals surface area (Å²) < 4.78 is 0. The summed E-state index contributed by atoms with van der Waals surface area (Å²) in [5.74, 6) is 0.00176. The predicted octanol–water partition coefficient (Wildman–Crippen LogP) is -1.15. The zero-order valence-electron chi connectivity index (χ0n) is 8.10. The first-order valence-corrected chi connectivity index (χ1v) is 5.05. The first-order chi connectivity index (χ1) is 6.86. The highest BCUT2D eigenvalue weighted by Gasteiger charge is 2.18. The first kappa shape index (κ1) is 9.33. The van der Waals surface area contributed by atoms with E-state index in [-0.39, 0.29) is 5.91 Å². The lowest BCUT2D eigenvalue weighted by Crippen LogP contribution is -2.44. The molecule has 0 aliphatic carbocycles. The van der Waals surface area contributed by atoms with Gasteiger partial charge in [0.05, 0.1) is 6.67 Å². The average molecular weight is 196 g/mol. The lowest BCUT2D eigenvalue weighted by Gasteiger charge is -2.23. The third-order valence-corrected chi connectivity index (χ3v) is 2.55. The van der Waals surface area contributed by atoms with Crippen LogP contribution in [0.1, 0.15) is 12.8 Å². The number of hydrogen-bond acceptors (Lipinski definition) is 4. The molecule has 0 bridgehead atoms. The molecule has 0 unspecified atom stereocenters. The minimum absolute atomic E-state index is 0.00176. The summed E-state index contributed by atoms with van der Waals surface area (Å²) in [6.45, 7) is 2.64. The molecule has 0 atom stereocenters. The maximum Gasteiger partial charge on any atom is 0.269 e. The van der Waals surface area contributed by atoms with Gasteiger partial charge in [-0.25, -0.2) is 0 Å². The summed E-state index contributed by atoms with van der Waals surface area (Å²) >= 11 is 0. The molecule has 2 aliphatic heterocycles. The fraction of sp³-hybridized carbons (Fsp3) is 0.667. The Bertz CT molecular complexity index is 245. The Morgan fingerprint density at radius 3 is 2.86 bits per heavy atom. The van der Waals surface area contributed by atoms with Crippen molar-refractivity contribution < 1.29 is 4.79 Å². The monoisotopic (exact) mass is 196 g/mol. The van der Waals surface area contributed by atoms with Gasteiger partial charge in [0, 0.05) is 12.2 Å². The van der Waals surface area contributed by atoms with E-state index in [1.807, 2.05) is 0 Å². The normalized spacial score (nSPS) is 22.1. The Hall–Kier alpha value is -1.23. The minimum Gasteiger partial charge on any atom is -0.372 e. The van der Waals surface area contributed by atoms with Crippen LogP contribution in [0.25, 0.3) is 0 Å². The molecular weight excluding hydrogens is 180 g/mol. The van der Waals surface area contributed by atoms with E-state index in [9.17, 15) is 4.79 Å². The van der Waals surface area contributed by atoms with Gasteiger partial charge < -0.3 is 21.3 Å². The van der Waals surface area contributed by atoms with Gasteiger partial charge in [0.1, 0.15) is 5.70 Å². The van der Waals surface area contributed by atoms with Crippen LogP contribution in [0.5, 0.6) is 0 Å². The van der Waals surface area contributed by atoms with E-state index < -0.39 is 0 Å². The second-order valence-electron chi connectivity index (χ2n) is 3.61. The van der Waals surface area contributed by atoms with Crippen molar-refractivity contribution in [2.75, 3.05) is 19.8 Å². The molecule has 0 spiro atoms. The van der Waals surface area contributed by atoms with Crippen LogP contribution >= 0.6 is 0 Å². The van der Waals surface area contributed by atoms with Gasteiger partial charge in [0.15, 0.2) is 0 Å². The fourth-order valence-corrected chi connectivity index (χ4v) is 1.73. The van der Waals surface area contributed by atoms with E-state index in [4.69, 9.17) is 0 Å². The van der Waals surface area contributed by atoms with Gasteiger partial charge >= 0.3 is 0 Å². The first-order valence-electron chi connectivity index (χ1n) is 5.05. The van der Waals surface area contributed by atoms with E-state index >= 15 is 0 Å². The van der Waals surface area contributed by atoms with Gasteiger partial charge in [-0.05, 0) is 25.9 Å². The van der Waals surface area contributed by atoms with Gasteiger partial charge in [-0.2, -0.15) is 0 Å². The van der Waals surface area contributed by atoms with Gasteiger partial charge in [-0.15, -0.1) is 0 Å².